The van der Waals surface area contributed by atoms with Gasteiger partial charge in [-0.05, 0) is 27.7 Å². The normalized spacial score (nSPS) is 4.73. The molecule has 0 heterocycles. The van der Waals surface area contributed by atoms with E-state index in [1.165, 1.54) is 0 Å². The van der Waals surface area contributed by atoms with Gasteiger partial charge in [-0.3, -0.25) is 0 Å². The minimum Gasteiger partial charge on any atom is -0.550 e. The van der Waals surface area contributed by atoms with Gasteiger partial charge in [0.05, 0.1) is 0 Å². The van der Waals surface area contributed by atoms with E-state index in [0.717, 1.165) is 27.7 Å². The summed E-state index contributed by atoms with van der Waals surface area (Å²) in [4.78, 5) is 35.6. The average molecular weight is 346 g/mol. The molecule has 0 aromatic carbocycles. The summed E-state index contributed by atoms with van der Waals surface area (Å²) in [6, 6.07) is 0. The molecule has 0 aromatic rings. The maximum absolute atomic E-state index is 8.89. The van der Waals surface area contributed by atoms with E-state index in [4.69, 9.17) is 39.6 Å². The third-order valence-electron chi connectivity index (χ3n) is 0. The summed E-state index contributed by atoms with van der Waals surface area (Å²) in [7, 11) is 0. The Morgan fingerprint density at radius 1 is 0.545 bits per heavy atom. The molecular weight excluding hydrogens is 322 g/mol. The van der Waals surface area contributed by atoms with Crippen molar-refractivity contribution in [3.05, 3.63) is 13.2 Å². The third-order valence-corrected chi connectivity index (χ3v) is 0. The first-order valence-electron chi connectivity index (χ1n) is 4.13. The van der Waals surface area contributed by atoms with Gasteiger partial charge >= 0.3 is 59.1 Å². The van der Waals surface area contributed by atoms with Gasteiger partial charge in [-0.25, -0.2) is 0 Å². The van der Waals surface area contributed by atoms with Crippen molar-refractivity contribution in [2.45, 2.75) is 27.7 Å². The first-order valence-corrected chi connectivity index (χ1v) is 4.13. The minimum atomic E-state index is -1.08. The van der Waals surface area contributed by atoms with Gasteiger partial charge in [0.15, 0.2) is 0 Å². The van der Waals surface area contributed by atoms with Crippen molar-refractivity contribution in [3.8, 4) is 0 Å². The van der Waals surface area contributed by atoms with Crippen LogP contribution in [0.5, 0.6) is 0 Å². The molecule has 0 radical (unpaired) electrons. The number of carbonyl (C=O) groups excluding carboxylic acids is 4. The van der Waals surface area contributed by atoms with E-state index in [-0.39, 0.29) is 71.4 Å². The van der Waals surface area contributed by atoms with Crippen molar-refractivity contribution in [1.29, 1.82) is 0 Å². The second kappa shape index (κ2) is 58.9. The van der Waals surface area contributed by atoms with Crippen molar-refractivity contribution in [1.82, 2.24) is 12.3 Å². The van der Waals surface area contributed by atoms with Crippen LogP contribution in [0, 0.1) is 0 Å². The Bertz CT molecular complexity index is 189. The fourth-order valence-electron chi connectivity index (χ4n) is 0. The fraction of sp³-hybridized carbons (Fsp3) is 0.400. The molecule has 0 amide bonds. The zero-order valence-corrected chi connectivity index (χ0v) is 18.7. The van der Waals surface area contributed by atoms with Crippen LogP contribution in [0.25, 0.3) is 0 Å². The quantitative estimate of drug-likeness (QED) is 0.314. The van der Waals surface area contributed by atoms with Crippen molar-refractivity contribution >= 4 is 23.9 Å². The van der Waals surface area contributed by atoms with Gasteiger partial charge in [0.25, 0.3) is 0 Å². The van der Waals surface area contributed by atoms with Gasteiger partial charge in [-0.15, -0.1) is 13.2 Å². The topological polar surface area (TPSA) is 234 Å². The van der Waals surface area contributed by atoms with E-state index in [1.54, 1.807) is 0 Å². The standard InChI is InChI=1S/4C2H4O2.C2H4.2H3N.2Na/c4*1-2(3)4;1-2;;;;/h4*1H3,(H,3,4);1-2H2;2*1H3;;/q;;;;;;;2*+1/p-2. The zero-order chi connectivity index (χ0) is 16.3. The van der Waals surface area contributed by atoms with Gasteiger partial charge in [0.2, 0.25) is 0 Å². The molecule has 0 saturated heterocycles. The Hall–Kier alpha value is -0.460. The number of carbonyl (C=O) groups is 4. The summed E-state index contributed by atoms with van der Waals surface area (Å²) in [5, 5.41) is 35.6. The molecule has 0 aliphatic rings. The Labute approximate surface area is 174 Å². The molecule has 0 aliphatic heterocycles. The number of hydrogen-bond donors (Lipinski definition) is 2. The summed E-state index contributed by atoms with van der Waals surface area (Å²) >= 11 is 0. The third kappa shape index (κ3) is 31700. The molecule has 22 heavy (non-hydrogen) atoms. The summed E-state index contributed by atoms with van der Waals surface area (Å²) < 4.78 is 0. The molecule has 0 rings (SSSR count). The van der Waals surface area contributed by atoms with Crippen LogP contribution in [0.4, 0.5) is 0 Å². The molecule has 0 aliphatic carbocycles. The van der Waals surface area contributed by atoms with E-state index in [0.29, 0.717) is 0 Å². The number of quaternary nitrogens is 2. The van der Waals surface area contributed by atoms with Crippen molar-refractivity contribution < 1.29 is 98.7 Å². The van der Waals surface area contributed by atoms with Crippen LogP contribution in [-0.4, -0.2) is 23.9 Å². The molecular formula is C10H24N2Na2O8. The SMILES string of the molecule is C=C.CC(=O)[O-].CC(=O)[O-].CC(=O)[O-].CC(=O)[O-].[NH4+].[NH4+].[Na+].[Na+]. The van der Waals surface area contributed by atoms with Crippen molar-refractivity contribution in [3.63, 3.8) is 0 Å². The van der Waals surface area contributed by atoms with Crippen LogP contribution < -0.4 is 91.8 Å². The van der Waals surface area contributed by atoms with Crippen LogP contribution in [0.3, 0.4) is 0 Å². The minimum absolute atomic E-state index is 0. The molecule has 0 aromatic heterocycles. The van der Waals surface area contributed by atoms with Crippen LogP contribution >= 0.6 is 0 Å². The predicted octanol–water partition coefficient (Wildman–Crippen LogP) is -9.41. The van der Waals surface area contributed by atoms with Crippen molar-refractivity contribution in [2.24, 2.45) is 0 Å². The molecule has 0 bridgehead atoms. The average Bonchev–Trinajstić information content (AvgIpc) is 2.01. The molecule has 0 saturated carbocycles. The Morgan fingerprint density at radius 2 is 0.545 bits per heavy atom. The summed E-state index contributed by atoms with van der Waals surface area (Å²) in [6.07, 6.45) is 0. The molecule has 12 heteroatoms. The smallest absolute Gasteiger partial charge is 0.550 e. The summed E-state index contributed by atoms with van der Waals surface area (Å²) in [6.45, 7) is 9.89. The molecule has 124 valence electrons. The van der Waals surface area contributed by atoms with Crippen LogP contribution in [0.1, 0.15) is 27.7 Å². The second-order valence-electron chi connectivity index (χ2n) is 1.97. The van der Waals surface area contributed by atoms with Gasteiger partial charge < -0.3 is 51.9 Å². The molecule has 0 spiro atoms. The molecule has 0 fully saturated rings. The van der Waals surface area contributed by atoms with Crippen LogP contribution in [0.2, 0.25) is 0 Å². The molecule has 10 nitrogen and oxygen atoms in total. The van der Waals surface area contributed by atoms with Crippen LogP contribution in [0.15, 0.2) is 13.2 Å². The largest absolute Gasteiger partial charge is 1.00 e. The number of hydrogen-bond acceptors (Lipinski definition) is 8. The summed E-state index contributed by atoms with van der Waals surface area (Å²) in [5.74, 6) is -4.33. The number of carboxylic acid groups (broad SMARTS) is 4. The van der Waals surface area contributed by atoms with E-state index in [9.17, 15) is 0 Å². The maximum Gasteiger partial charge on any atom is 1.00 e. The van der Waals surface area contributed by atoms with Gasteiger partial charge in [-0.1, -0.05) is 0 Å². The molecule has 0 atom stereocenters. The van der Waals surface area contributed by atoms with Gasteiger partial charge in [0, 0.05) is 23.9 Å². The maximum atomic E-state index is 8.89. The molecule has 8 N–H and O–H groups in total. The predicted molar refractivity (Wildman–Crippen MR) is 65.9 cm³/mol. The fourth-order valence-corrected chi connectivity index (χ4v) is 0. The zero-order valence-electron chi connectivity index (χ0n) is 14.7. The Morgan fingerprint density at radius 3 is 0.545 bits per heavy atom. The monoisotopic (exact) mass is 346 g/mol. The number of carboxylic acids is 4. The van der Waals surface area contributed by atoms with Crippen LogP contribution in [-0.2, 0) is 19.2 Å². The Kier molecular flexibility index (Phi) is 155. The van der Waals surface area contributed by atoms with Crippen molar-refractivity contribution in [2.75, 3.05) is 0 Å². The van der Waals surface area contributed by atoms with E-state index in [2.05, 4.69) is 13.2 Å². The van der Waals surface area contributed by atoms with E-state index < -0.39 is 23.9 Å². The Balaban J connectivity index is -0.0000000133. The van der Waals surface area contributed by atoms with Gasteiger partial charge in [0.1, 0.15) is 0 Å². The number of aliphatic carboxylic acids is 4. The van der Waals surface area contributed by atoms with E-state index in [1.807, 2.05) is 0 Å². The first kappa shape index (κ1) is 57.8. The van der Waals surface area contributed by atoms with E-state index >= 15 is 0 Å². The second-order valence-corrected chi connectivity index (χ2v) is 1.97. The number of rotatable bonds is 0. The summed E-state index contributed by atoms with van der Waals surface area (Å²) in [5.41, 5.74) is 0. The first-order chi connectivity index (χ1) is 7.93. The van der Waals surface area contributed by atoms with Gasteiger partial charge in [-0.2, -0.15) is 0 Å². The molecule has 0 unspecified atom stereocenters.